The van der Waals surface area contributed by atoms with Crippen LogP contribution in [0.4, 0.5) is 0 Å². The second kappa shape index (κ2) is 8.32. The maximum atomic E-state index is 12.6. The average Bonchev–Trinajstić information content (AvgIpc) is 3.26. The van der Waals surface area contributed by atoms with Gasteiger partial charge in [-0.1, -0.05) is 24.3 Å². The van der Waals surface area contributed by atoms with Gasteiger partial charge in [-0.25, -0.2) is 0 Å². The number of rotatable bonds is 5. The van der Waals surface area contributed by atoms with Gasteiger partial charge in [0.2, 0.25) is 6.79 Å². The van der Waals surface area contributed by atoms with Crippen molar-refractivity contribution in [2.75, 3.05) is 26.4 Å². The van der Waals surface area contributed by atoms with E-state index in [0.717, 1.165) is 38.0 Å². The summed E-state index contributed by atoms with van der Waals surface area (Å²) in [6, 6.07) is 15.8. The number of piperidine rings is 1. The second-order valence-corrected chi connectivity index (χ2v) is 8.01. The standard InChI is InChI=1S/C24H25N3O3/c28-24(19-8-9-21-22(12-19)30-16-29-21)26-13-17-4-3-11-27(14-17)15-20-6-1-5-18-7-2-10-25-23(18)20/h1-2,5-10,12,17H,3-4,11,13-16H2,(H,26,28). The SMILES string of the molecule is O=C(NCC1CCCN(Cc2cccc3cccnc23)C1)c1ccc2c(c1)OCO2. The second-order valence-electron chi connectivity index (χ2n) is 8.01. The van der Waals surface area contributed by atoms with E-state index in [4.69, 9.17) is 9.47 Å². The number of nitrogens with zero attached hydrogens (tertiary/aromatic N) is 2. The number of para-hydroxylation sites is 1. The number of pyridine rings is 1. The Morgan fingerprint density at radius 1 is 1.13 bits per heavy atom. The molecule has 3 aromatic rings. The zero-order valence-corrected chi connectivity index (χ0v) is 16.8. The molecule has 1 saturated heterocycles. The molecular weight excluding hydrogens is 378 g/mol. The van der Waals surface area contributed by atoms with Crippen molar-refractivity contribution in [3.8, 4) is 11.5 Å². The van der Waals surface area contributed by atoms with Gasteiger partial charge in [0.25, 0.3) is 5.91 Å². The quantitative estimate of drug-likeness (QED) is 0.705. The zero-order valence-electron chi connectivity index (χ0n) is 16.8. The van der Waals surface area contributed by atoms with Crippen LogP contribution in [0.25, 0.3) is 10.9 Å². The molecule has 0 bridgehead atoms. The molecule has 1 N–H and O–H groups in total. The van der Waals surface area contributed by atoms with E-state index < -0.39 is 0 Å². The zero-order chi connectivity index (χ0) is 20.3. The monoisotopic (exact) mass is 403 g/mol. The number of nitrogens with one attached hydrogen (secondary N) is 1. The Balaban J connectivity index is 1.19. The fourth-order valence-corrected chi connectivity index (χ4v) is 4.37. The lowest BCUT2D eigenvalue weighted by atomic mass is 9.97. The van der Waals surface area contributed by atoms with Gasteiger partial charge in [0, 0.05) is 36.8 Å². The lowest BCUT2D eigenvalue weighted by molar-refractivity contribution is 0.0930. The van der Waals surface area contributed by atoms with Crippen LogP contribution < -0.4 is 14.8 Å². The molecule has 6 nitrogen and oxygen atoms in total. The number of likely N-dealkylation sites (tertiary alicyclic amines) is 1. The van der Waals surface area contributed by atoms with Gasteiger partial charge in [-0.05, 0) is 55.1 Å². The minimum Gasteiger partial charge on any atom is -0.454 e. The van der Waals surface area contributed by atoms with Crippen LogP contribution >= 0.6 is 0 Å². The van der Waals surface area contributed by atoms with Gasteiger partial charge in [0.1, 0.15) is 0 Å². The van der Waals surface area contributed by atoms with Crippen molar-refractivity contribution in [1.82, 2.24) is 15.2 Å². The van der Waals surface area contributed by atoms with Gasteiger partial charge in [-0.3, -0.25) is 14.7 Å². The molecule has 0 saturated carbocycles. The molecule has 1 atom stereocenters. The summed E-state index contributed by atoms with van der Waals surface area (Å²) in [5.41, 5.74) is 2.95. The molecule has 2 aliphatic heterocycles. The minimum absolute atomic E-state index is 0.0660. The highest BCUT2D eigenvalue weighted by Crippen LogP contribution is 2.32. The molecule has 0 radical (unpaired) electrons. The number of hydrogen-bond acceptors (Lipinski definition) is 5. The lowest BCUT2D eigenvalue weighted by Crippen LogP contribution is -2.40. The Morgan fingerprint density at radius 3 is 3.00 bits per heavy atom. The molecule has 1 amide bonds. The first-order valence-electron chi connectivity index (χ1n) is 10.5. The molecule has 1 fully saturated rings. The van der Waals surface area contributed by atoms with E-state index in [9.17, 15) is 4.79 Å². The summed E-state index contributed by atoms with van der Waals surface area (Å²) < 4.78 is 10.7. The van der Waals surface area contributed by atoms with E-state index in [1.807, 2.05) is 12.3 Å². The third-order valence-electron chi connectivity index (χ3n) is 5.90. The largest absolute Gasteiger partial charge is 0.454 e. The van der Waals surface area contributed by atoms with E-state index in [1.54, 1.807) is 18.2 Å². The number of aromatic nitrogens is 1. The van der Waals surface area contributed by atoms with Crippen LogP contribution in [0.1, 0.15) is 28.8 Å². The number of hydrogen-bond donors (Lipinski definition) is 1. The van der Waals surface area contributed by atoms with Crippen LogP contribution in [0.2, 0.25) is 0 Å². The van der Waals surface area contributed by atoms with Crippen molar-refractivity contribution in [3.63, 3.8) is 0 Å². The van der Waals surface area contributed by atoms with Crippen molar-refractivity contribution < 1.29 is 14.3 Å². The predicted molar refractivity (Wildman–Crippen MR) is 115 cm³/mol. The molecule has 154 valence electrons. The Bertz CT molecular complexity index is 1060. The van der Waals surface area contributed by atoms with Crippen molar-refractivity contribution >= 4 is 16.8 Å². The summed E-state index contributed by atoms with van der Waals surface area (Å²) in [6.45, 7) is 3.84. The van der Waals surface area contributed by atoms with Gasteiger partial charge in [0.15, 0.2) is 11.5 Å². The molecule has 3 heterocycles. The number of benzene rings is 2. The van der Waals surface area contributed by atoms with E-state index in [-0.39, 0.29) is 12.7 Å². The normalized spacial score (nSPS) is 18.5. The Hall–Kier alpha value is -3.12. The van der Waals surface area contributed by atoms with Crippen LogP contribution in [-0.4, -0.2) is 42.2 Å². The van der Waals surface area contributed by atoms with Gasteiger partial charge in [0.05, 0.1) is 5.52 Å². The third kappa shape index (κ3) is 3.96. The van der Waals surface area contributed by atoms with Crippen LogP contribution in [-0.2, 0) is 6.54 Å². The van der Waals surface area contributed by atoms with Crippen LogP contribution in [0.15, 0.2) is 54.7 Å². The number of ether oxygens (including phenoxy) is 2. The van der Waals surface area contributed by atoms with Crippen LogP contribution in [0.3, 0.4) is 0 Å². The smallest absolute Gasteiger partial charge is 0.251 e. The minimum atomic E-state index is -0.0660. The molecule has 1 unspecified atom stereocenters. The van der Waals surface area contributed by atoms with E-state index in [0.29, 0.717) is 29.5 Å². The fourth-order valence-electron chi connectivity index (χ4n) is 4.37. The number of carbonyl (C=O) groups excluding carboxylic acids is 1. The molecule has 5 rings (SSSR count). The first-order chi connectivity index (χ1) is 14.8. The summed E-state index contributed by atoms with van der Waals surface area (Å²) in [6.07, 6.45) is 4.13. The summed E-state index contributed by atoms with van der Waals surface area (Å²) in [5, 5.41) is 4.28. The van der Waals surface area contributed by atoms with Gasteiger partial charge >= 0.3 is 0 Å². The first-order valence-corrected chi connectivity index (χ1v) is 10.5. The van der Waals surface area contributed by atoms with E-state index >= 15 is 0 Å². The summed E-state index contributed by atoms with van der Waals surface area (Å²) >= 11 is 0. The highest BCUT2D eigenvalue weighted by atomic mass is 16.7. The average molecular weight is 403 g/mol. The Kier molecular flexibility index (Phi) is 5.24. The molecule has 2 aliphatic rings. The van der Waals surface area contributed by atoms with Crippen molar-refractivity contribution in [2.45, 2.75) is 19.4 Å². The summed E-state index contributed by atoms with van der Waals surface area (Å²) in [7, 11) is 0. The molecule has 6 heteroatoms. The first kappa shape index (κ1) is 18.9. The van der Waals surface area contributed by atoms with Crippen molar-refractivity contribution in [1.29, 1.82) is 0 Å². The van der Waals surface area contributed by atoms with Gasteiger partial charge in [-0.2, -0.15) is 0 Å². The topological polar surface area (TPSA) is 63.7 Å². The molecule has 0 aliphatic carbocycles. The van der Waals surface area contributed by atoms with Crippen LogP contribution in [0.5, 0.6) is 11.5 Å². The van der Waals surface area contributed by atoms with Crippen molar-refractivity contribution in [2.24, 2.45) is 5.92 Å². The van der Waals surface area contributed by atoms with E-state index in [1.165, 1.54) is 10.9 Å². The highest BCUT2D eigenvalue weighted by Gasteiger charge is 2.22. The summed E-state index contributed by atoms with van der Waals surface area (Å²) in [4.78, 5) is 19.6. The van der Waals surface area contributed by atoms with E-state index in [2.05, 4.69) is 39.5 Å². The molecule has 30 heavy (non-hydrogen) atoms. The maximum absolute atomic E-state index is 12.6. The highest BCUT2D eigenvalue weighted by molar-refractivity contribution is 5.94. The predicted octanol–water partition coefficient (Wildman–Crippen LogP) is 3.61. The van der Waals surface area contributed by atoms with Crippen molar-refractivity contribution in [3.05, 3.63) is 65.9 Å². The number of carbonyl (C=O) groups is 1. The fraction of sp³-hybridized carbons (Fsp3) is 0.333. The number of fused-ring (bicyclic) bond motifs is 2. The van der Waals surface area contributed by atoms with Gasteiger partial charge in [-0.15, -0.1) is 0 Å². The van der Waals surface area contributed by atoms with Gasteiger partial charge < -0.3 is 14.8 Å². The third-order valence-corrected chi connectivity index (χ3v) is 5.90. The molecular formula is C24H25N3O3. The number of amides is 1. The maximum Gasteiger partial charge on any atom is 0.251 e. The Morgan fingerprint density at radius 2 is 2.03 bits per heavy atom. The summed E-state index contributed by atoms with van der Waals surface area (Å²) in [5.74, 6) is 1.70. The molecule has 0 spiro atoms. The van der Waals surface area contributed by atoms with Crippen LogP contribution in [0, 0.1) is 5.92 Å². The Labute approximate surface area is 175 Å². The lowest BCUT2D eigenvalue weighted by Gasteiger charge is -2.33. The molecule has 2 aromatic carbocycles. The molecule has 1 aromatic heterocycles.